The Hall–Kier alpha value is -2.55. The van der Waals surface area contributed by atoms with Crippen LogP contribution in [0.4, 0.5) is 5.69 Å². The second-order valence-electron chi connectivity index (χ2n) is 5.46. The number of carbonyl (C=O) groups excluding carboxylic acids is 1. The fraction of sp³-hybridized carbons (Fsp3) is 0.211. The van der Waals surface area contributed by atoms with Crippen LogP contribution in [-0.2, 0) is 4.79 Å². The average molecular weight is 293 g/mol. The zero-order valence-corrected chi connectivity index (χ0v) is 12.8. The summed E-state index contributed by atoms with van der Waals surface area (Å²) in [6, 6.07) is 16.2. The van der Waals surface area contributed by atoms with Gasteiger partial charge in [0.1, 0.15) is 5.75 Å². The summed E-state index contributed by atoms with van der Waals surface area (Å²) in [5.41, 5.74) is 3.45. The number of allylic oxidation sites excluding steroid dienone is 1. The van der Waals surface area contributed by atoms with Crippen molar-refractivity contribution in [1.82, 2.24) is 0 Å². The number of hydrogen-bond donors (Lipinski definition) is 0. The molecule has 1 aliphatic heterocycles. The van der Waals surface area contributed by atoms with E-state index in [4.69, 9.17) is 4.74 Å². The summed E-state index contributed by atoms with van der Waals surface area (Å²) in [7, 11) is 1.66. The van der Waals surface area contributed by atoms with Gasteiger partial charge in [-0.1, -0.05) is 24.3 Å². The average Bonchev–Trinajstić information content (AvgIpc) is 2.55. The molecule has 22 heavy (non-hydrogen) atoms. The van der Waals surface area contributed by atoms with Crippen LogP contribution in [0.1, 0.15) is 23.6 Å². The maximum Gasteiger partial charge on any atom is 0.159 e. The van der Waals surface area contributed by atoms with Gasteiger partial charge >= 0.3 is 0 Å². The van der Waals surface area contributed by atoms with Crippen molar-refractivity contribution < 1.29 is 9.53 Å². The Morgan fingerprint density at radius 3 is 2.50 bits per heavy atom. The molecule has 0 amide bonds. The molecular formula is C19H19NO2. The predicted octanol–water partition coefficient (Wildman–Crippen LogP) is 4.04. The van der Waals surface area contributed by atoms with Crippen molar-refractivity contribution >= 4 is 11.5 Å². The maximum atomic E-state index is 11.9. The van der Waals surface area contributed by atoms with Crippen LogP contribution in [0.5, 0.6) is 5.75 Å². The summed E-state index contributed by atoms with van der Waals surface area (Å²) in [4.78, 5) is 14.1. The summed E-state index contributed by atoms with van der Waals surface area (Å²) < 4.78 is 5.21. The Balaban J connectivity index is 2.00. The highest BCUT2D eigenvalue weighted by molar-refractivity contribution is 5.92. The van der Waals surface area contributed by atoms with Crippen molar-refractivity contribution in [3.8, 4) is 5.75 Å². The molecule has 0 unspecified atom stereocenters. The Labute approximate surface area is 130 Å². The van der Waals surface area contributed by atoms with Gasteiger partial charge in [0, 0.05) is 18.3 Å². The molecule has 0 aromatic heterocycles. The number of ketones is 1. The monoisotopic (exact) mass is 293 g/mol. The molecule has 0 bridgehead atoms. The number of rotatable bonds is 3. The number of ether oxygens (including phenoxy) is 1. The highest BCUT2D eigenvalue weighted by Gasteiger charge is 2.26. The van der Waals surface area contributed by atoms with Crippen LogP contribution in [0.2, 0.25) is 0 Å². The van der Waals surface area contributed by atoms with Crippen molar-refractivity contribution in [2.75, 3.05) is 12.0 Å². The lowest BCUT2D eigenvalue weighted by atomic mass is 9.93. The molecule has 0 saturated carbocycles. The van der Waals surface area contributed by atoms with Gasteiger partial charge in [0.15, 0.2) is 5.78 Å². The lowest BCUT2D eigenvalue weighted by Crippen LogP contribution is -2.29. The van der Waals surface area contributed by atoms with Gasteiger partial charge in [-0.3, -0.25) is 4.79 Å². The molecule has 0 radical (unpaired) electrons. The highest BCUT2D eigenvalue weighted by atomic mass is 16.5. The topological polar surface area (TPSA) is 29.5 Å². The molecule has 1 heterocycles. The molecule has 2 aromatic carbocycles. The molecule has 3 rings (SSSR count). The SMILES string of the molecule is COc1ccc(N2C=CC(=O)C[C@H]2c2ccccc2C)cc1. The molecular weight excluding hydrogens is 274 g/mol. The minimum atomic E-state index is 0.0343. The van der Waals surface area contributed by atoms with E-state index < -0.39 is 0 Å². The Morgan fingerprint density at radius 1 is 1.09 bits per heavy atom. The van der Waals surface area contributed by atoms with Crippen molar-refractivity contribution in [2.24, 2.45) is 0 Å². The summed E-state index contributed by atoms with van der Waals surface area (Å²) in [6.07, 6.45) is 4.02. The normalized spacial score (nSPS) is 17.6. The summed E-state index contributed by atoms with van der Waals surface area (Å²) in [6.45, 7) is 2.09. The second kappa shape index (κ2) is 6.06. The quantitative estimate of drug-likeness (QED) is 0.855. The Kier molecular flexibility index (Phi) is 3.96. The zero-order valence-electron chi connectivity index (χ0n) is 12.8. The van der Waals surface area contributed by atoms with Gasteiger partial charge in [0.25, 0.3) is 0 Å². The smallest absolute Gasteiger partial charge is 0.159 e. The first-order valence-electron chi connectivity index (χ1n) is 7.38. The molecule has 112 valence electrons. The van der Waals surface area contributed by atoms with Crippen LogP contribution in [0, 0.1) is 6.92 Å². The van der Waals surface area contributed by atoms with E-state index in [0.29, 0.717) is 6.42 Å². The minimum absolute atomic E-state index is 0.0343. The first kappa shape index (κ1) is 14.4. The first-order chi connectivity index (χ1) is 10.7. The molecule has 1 aliphatic rings. The molecule has 3 heteroatoms. The van der Waals surface area contributed by atoms with Crippen molar-refractivity contribution in [2.45, 2.75) is 19.4 Å². The third-order valence-electron chi connectivity index (χ3n) is 4.07. The van der Waals surface area contributed by atoms with Crippen molar-refractivity contribution in [1.29, 1.82) is 0 Å². The van der Waals surface area contributed by atoms with Gasteiger partial charge in [0.05, 0.1) is 13.2 Å². The number of hydrogen-bond acceptors (Lipinski definition) is 3. The Morgan fingerprint density at radius 2 is 1.82 bits per heavy atom. The zero-order chi connectivity index (χ0) is 15.5. The van der Waals surface area contributed by atoms with E-state index in [1.807, 2.05) is 42.6 Å². The molecule has 0 N–H and O–H groups in total. The van der Waals surface area contributed by atoms with Crippen molar-refractivity contribution in [3.05, 3.63) is 71.9 Å². The van der Waals surface area contributed by atoms with Crippen LogP contribution in [0.3, 0.4) is 0 Å². The molecule has 0 aliphatic carbocycles. The second-order valence-corrected chi connectivity index (χ2v) is 5.46. The van der Waals surface area contributed by atoms with Gasteiger partial charge in [-0.25, -0.2) is 0 Å². The van der Waals surface area contributed by atoms with E-state index >= 15 is 0 Å². The number of nitrogens with zero attached hydrogens (tertiary/aromatic N) is 1. The van der Waals surface area contributed by atoms with Gasteiger partial charge < -0.3 is 9.64 Å². The van der Waals surface area contributed by atoms with E-state index in [-0.39, 0.29) is 11.8 Å². The number of carbonyl (C=O) groups is 1. The Bertz CT molecular complexity index is 704. The van der Waals surface area contributed by atoms with Crippen LogP contribution in [0.15, 0.2) is 60.8 Å². The molecule has 2 aromatic rings. The van der Waals surface area contributed by atoms with Gasteiger partial charge in [-0.2, -0.15) is 0 Å². The van der Waals surface area contributed by atoms with E-state index in [1.165, 1.54) is 11.1 Å². The van der Waals surface area contributed by atoms with E-state index in [2.05, 4.69) is 24.0 Å². The lowest BCUT2D eigenvalue weighted by molar-refractivity contribution is -0.115. The maximum absolute atomic E-state index is 11.9. The largest absolute Gasteiger partial charge is 0.497 e. The van der Waals surface area contributed by atoms with Crippen LogP contribution in [-0.4, -0.2) is 12.9 Å². The number of anilines is 1. The predicted molar refractivity (Wildman–Crippen MR) is 88.2 cm³/mol. The van der Waals surface area contributed by atoms with E-state index in [9.17, 15) is 4.79 Å². The third-order valence-corrected chi connectivity index (χ3v) is 4.07. The molecule has 0 saturated heterocycles. The fourth-order valence-electron chi connectivity index (χ4n) is 2.87. The van der Waals surface area contributed by atoms with Gasteiger partial charge in [-0.05, 0) is 48.4 Å². The lowest BCUT2D eigenvalue weighted by Gasteiger charge is -2.34. The summed E-state index contributed by atoms with van der Waals surface area (Å²) in [5.74, 6) is 0.992. The first-order valence-corrected chi connectivity index (χ1v) is 7.38. The van der Waals surface area contributed by atoms with Crippen LogP contribution >= 0.6 is 0 Å². The van der Waals surface area contributed by atoms with Crippen LogP contribution in [0.25, 0.3) is 0 Å². The fourth-order valence-corrected chi connectivity index (χ4v) is 2.87. The van der Waals surface area contributed by atoms with Crippen molar-refractivity contribution in [3.63, 3.8) is 0 Å². The molecule has 1 atom stereocenters. The highest BCUT2D eigenvalue weighted by Crippen LogP contribution is 2.35. The van der Waals surface area contributed by atoms with E-state index in [1.54, 1.807) is 13.2 Å². The molecule has 3 nitrogen and oxygen atoms in total. The number of benzene rings is 2. The minimum Gasteiger partial charge on any atom is -0.497 e. The summed E-state index contributed by atoms with van der Waals surface area (Å²) >= 11 is 0. The molecule has 0 spiro atoms. The van der Waals surface area contributed by atoms with Crippen LogP contribution < -0.4 is 9.64 Å². The standard InChI is InChI=1S/C19H19NO2/c1-14-5-3-4-6-18(14)19-13-16(21)11-12-20(19)15-7-9-17(22-2)10-8-15/h3-12,19H,13H2,1-2H3/t19-/m0/s1. The number of methoxy groups -OCH3 is 1. The van der Waals surface area contributed by atoms with E-state index in [0.717, 1.165) is 11.4 Å². The third kappa shape index (κ3) is 2.75. The van der Waals surface area contributed by atoms with Gasteiger partial charge in [-0.15, -0.1) is 0 Å². The van der Waals surface area contributed by atoms with Gasteiger partial charge in [0.2, 0.25) is 0 Å². The molecule has 0 fully saturated rings. The number of aryl methyl sites for hydroxylation is 1. The summed E-state index contributed by atoms with van der Waals surface area (Å²) in [5, 5.41) is 0.